The first-order chi connectivity index (χ1) is 12.2. The molecule has 5 nitrogen and oxygen atoms in total. The lowest BCUT2D eigenvalue weighted by molar-refractivity contribution is -0.126. The molecule has 1 amide bonds. The van der Waals surface area contributed by atoms with Gasteiger partial charge in [0, 0.05) is 12.6 Å². The van der Waals surface area contributed by atoms with Gasteiger partial charge in [0.15, 0.2) is 5.76 Å². The Morgan fingerprint density at radius 1 is 1.28 bits per heavy atom. The average molecular weight is 356 g/mol. The van der Waals surface area contributed by atoms with E-state index in [2.05, 4.69) is 29.5 Å². The summed E-state index contributed by atoms with van der Waals surface area (Å²) < 4.78 is 10.7. The highest BCUT2D eigenvalue weighted by Crippen LogP contribution is 2.25. The fourth-order valence-electron chi connectivity index (χ4n) is 2.38. The largest absolute Gasteiger partial charge is 0.365 e. The first-order valence-corrected chi connectivity index (χ1v) is 8.99. The van der Waals surface area contributed by atoms with E-state index < -0.39 is 0 Å². The third-order valence-corrected chi connectivity index (χ3v) is 4.66. The summed E-state index contributed by atoms with van der Waals surface area (Å²) in [6, 6.07) is 15.9. The molecule has 0 unspecified atom stereocenters. The van der Waals surface area contributed by atoms with Crippen LogP contribution in [0.25, 0.3) is 10.6 Å². The molecule has 0 saturated carbocycles. The number of nitrogens with one attached hydrogen (secondary N) is 1. The van der Waals surface area contributed by atoms with Crippen molar-refractivity contribution in [3.8, 4) is 10.6 Å². The molecule has 25 heavy (non-hydrogen) atoms. The summed E-state index contributed by atoms with van der Waals surface area (Å²) in [6.45, 7) is 2.91. The molecule has 3 rings (SSSR count). The van der Waals surface area contributed by atoms with E-state index >= 15 is 0 Å². The molecule has 0 aliphatic carbocycles. The van der Waals surface area contributed by atoms with E-state index in [1.54, 1.807) is 11.3 Å². The quantitative estimate of drug-likeness (QED) is 0.666. The number of ether oxygens (including phenoxy) is 1. The third kappa shape index (κ3) is 5.01. The van der Waals surface area contributed by atoms with E-state index in [0.29, 0.717) is 12.2 Å². The van der Waals surface area contributed by atoms with Crippen LogP contribution < -0.4 is 5.32 Å². The molecule has 1 atom stereocenters. The van der Waals surface area contributed by atoms with Crippen molar-refractivity contribution < 1.29 is 14.1 Å². The van der Waals surface area contributed by atoms with Gasteiger partial charge < -0.3 is 14.6 Å². The first kappa shape index (κ1) is 17.4. The normalized spacial score (nSPS) is 12.0. The second-order valence-corrected chi connectivity index (χ2v) is 6.72. The lowest BCUT2D eigenvalue weighted by Gasteiger charge is -2.13. The van der Waals surface area contributed by atoms with Crippen LogP contribution in [0, 0.1) is 0 Å². The van der Waals surface area contributed by atoms with Gasteiger partial charge in [-0.3, -0.25) is 4.79 Å². The minimum Gasteiger partial charge on any atom is -0.365 e. The van der Waals surface area contributed by atoms with Crippen molar-refractivity contribution in [2.45, 2.75) is 19.4 Å². The SMILES string of the molecule is C[C@@H](CNC(=O)COCc1cc(-c2cccs2)on1)c1ccccc1. The standard InChI is InChI=1S/C19H20N2O3S/c1-14(15-6-3-2-4-7-15)11-20-19(22)13-23-12-16-10-17(24-21-16)18-8-5-9-25-18/h2-10,14H,11-13H2,1H3,(H,20,22)/t14-/m0/s1. The van der Waals surface area contributed by atoms with Gasteiger partial charge >= 0.3 is 0 Å². The Labute approximate surface area is 150 Å². The van der Waals surface area contributed by atoms with Crippen LogP contribution in [0.5, 0.6) is 0 Å². The van der Waals surface area contributed by atoms with Crippen LogP contribution in [0.1, 0.15) is 24.1 Å². The number of thiophene rings is 1. The Balaban J connectivity index is 1.38. The molecule has 2 heterocycles. The zero-order valence-corrected chi connectivity index (χ0v) is 14.8. The van der Waals surface area contributed by atoms with Gasteiger partial charge in [0.25, 0.3) is 0 Å². The highest BCUT2D eigenvalue weighted by atomic mass is 32.1. The van der Waals surface area contributed by atoms with Crippen LogP contribution in [-0.2, 0) is 16.1 Å². The number of aromatic nitrogens is 1. The van der Waals surface area contributed by atoms with Gasteiger partial charge in [-0.1, -0.05) is 48.5 Å². The van der Waals surface area contributed by atoms with Crippen LogP contribution in [0.4, 0.5) is 0 Å². The third-order valence-electron chi connectivity index (χ3n) is 3.78. The number of carbonyl (C=O) groups excluding carboxylic acids is 1. The fourth-order valence-corrected chi connectivity index (χ4v) is 3.05. The lowest BCUT2D eigenvalue weighted by atomic mass is 10.0. The number of carbonyl (C=O) groups is 1. The molecule has 1 N–H and O–H groups in total. The highest BCUT2D eigenvalue weighted by Gasteiger charge is 2.10. The Morgan fingerprint density at radius 2 is 2.12 bits per heavy atom. The maximum Gasteiger partial charge on any atom is 0.246 e. The summed E-state index contributed by atoms with van der Waals surface area (Å²) in [5, 5.41) is 8.83. The Kier molecular flexibility index (Phi) is 5.98. The van der Waals surface area contributed by atoms with Crippen molar-refractivity contribution in [1.82, 2.24) is 10.5 Å². The number of amides is 1. The van der Waals surface area contributed by atoms with E-state index in [-0.39, 0.29) is 25.0 Å². The number of rotatable bonds is 8. The van der Waals surface area contributed by atoms with E-state index in [1.165, 1.54) is 5.56 Å². The summed E-state index contributed by atoms with van der Waals surface area (Å²) in [5.74, 6) is 0.841. The van der Waals surface area contributed by atoms with Crippen LogP contribution in [-0.4, -0.2) is 24.2 Å². The predicted octanol–water partition coefficient (Wildman–Crippen LogP) is 3.84. The van der Waals surface area contributed by atoms with Crippen molar-refractivity contribution in [1.29, 1.82) is 0 Å². The Morgan fingerprint density at radius 3 is 2.88 bits per heavy atom. The maximum absolute atomic E-state index is 11.9. The Hall–Kier alpha value is -2.44. The molecule has 0 aliphatic rings. The topological polar surface area (TPSA) is 64.4 Å². The van der Waals surface area contributed by atoms with Crippen LogP contribution in [0.15, 0.2) is 58.4 Å². The molecule has 0 fully saturated rings. The van der Waals surface area contributed by atoms with Gasteiger partial charge in [-0.2, -0.15) is 0 Å². The van der Waals surface area contributed by atoms with Gasteiger partial charge in [0.1, 0.15) is 12.3 Å². The predicted molar refractivity (Wildman–Crippen MR) is 97.3 cm³/mol. The van der Waals surface area contributed by atoms with Crippen molar-refractivity contribution in [2.75, 3.05) is 13.2 Å². The first-order valence-electron chi connectivity index (χ1n) is 8.11. The molecule has 1 aromatic carbocycles. The van der Waals surface area contributed by atoms with Crippen molar-refractivity contribution in [2.24, 2.45) is 0 Å². The second-order valence-electron chi connectivity index (χ2n) is 5.77. The molecule has 0 bridgehead atoms. The number of hydrogen-bond donors (Lipinski definition) is 1. The minimum atomic E-state index is -0.134. The highest BCUT2D eigenvalue weighted by molar-refractivity contribution is 7.13. The molecule has 0 aliphatic heterocycles. The summed E-state index contributed by atoms with van der Waals surface area (Å²) in [4.78, 5) is 12.9. The van der Waals surface area contributed by atoms with Gasteiger partial charge in [-0.05, 0) is 22.9 Å². The average Bonchev–Trinajstić information content (AvgIpc) is 3.32. The second kappa shape index (κ2) is 8.60. The van der Waals surface area contributed by atoms with Crippen molar-refractivity contribution in [3.63, 3.8) is 0 Å². The molecule has 0 spiro atoms. The minimum absolute atomic E-state index is 0.00268. The lowest BCUT2D eigenvalue weighted by Crippen LogP contribution is -2.30. The molecule has 130 valence electrons. The zero-order valence-electron chi connectivity index (χ0n) is 14.0. The summed E-state index contributed by atoms with van der Waals surface area (Å²) in [7, 11) is 0. The molecule has 3 aromatic rings. The van der Waals surface area contributed by atoms with E-state index in [1.807, 2.05) is 41.8 Å². The molecule has 0 saturated heterocycles. The van der Waals surface area contributed by atoms with E-state index in [4.69, 9.17) is 9.26 Å². The summed E-state index contributed by atoms with van der Waals surface area (Å²) >= 11 is 1.59. The fraction of sp³-hybridized carbons (Fsp3) is 0.263. The smallest absolute Gasteiger partial charge is 0.246 e. The molecule has 6 heteroatoms. The monoisotopic (exact) mass is 356 g/mol. The summed E-state index contributed by atoms with van der Waals surface area (Å²) in [5.41, 5.74) is 1.88. The molecule has 2 aromatic heterocycles. The van der Waals surface area contributed by atoms with Gasteiger partial charge in [-0.15, -0.1) is 11.3 Å². The Bertz CT molecular complexity index is 784. The number of hydrogen-bond acceptors (Lipinski definition) is 5. The maximum atomic E-state index is 11.9. The molecular formula is C19H20N2O3S. The molecule has 0 radical (unpaired) electrons. The van der Waals surface area contributed by atoms with Gasteiger partial charge in [0.05, 0.1) is 11.5 Å². The summed E-state index contributed by atoms with van der Waals surface area (Å²) in [6.07, 6.45) is 0. The van der Waals surface area contributed by atoms with Crippen molar-refractivity contribution >= 4 is 17.2 Å². The van der Waals surface area contributed by atoms with Gasteiger partial charge in [0.2, 0.25) is 5.91 Å². The van der Waals surface area contributed by atoms with Crippen LogP contribution in [0.2, 0.25) is 0 Å². The molecular weight excluding hydrogens is 336 g/mol. The van der Waals surface area contributed by atoms with E-state index in [0.717, 1.165) is 10.6 Å². The van der Waals surface area contributed by atoms with Gasteiger partial charge in [-0.25, -0.2) is 0 Å². The number of nitrogens with zero attached hydrogens (tertiary/aromatic N) is 1. The zero-order chi connectivity index (χ0) is 17.5. The number of benzene rings is 1. The van der Waals surface area contributed by atoms with E-state index in [9.17, 15) is 4.79 Å². The van der Waals surface area contributed by atoms with Crippen LogP contribution in [0.3, 0.4) is 0 Å². The van der Waals surface area contributed by atoms with Crippen molar-refractivity contribution in [3.05, 3.63) is 65.2 Å². The van der Waals surface area contributed by atoms with Crippen LogP contribution >= 0.6 is 11.3 Å².